The SMILES string of the molecule is NC(CSC(=O)O)C(=O)O. The molecule has 6 heteroatoms. The van der Waals surface area contributed by atoms with Gasteiger partial charge < -0.3 is 15.9 Å². The summed E-state index contributed by atoms with van der Waals surface area (Å²) < 4.78 is 0. The molecule has 0 amide bonds. The third-order valence-electron chi connectivity index (χ3n) is 0.704. The Labute approximate surface area is 61.2 Å². The lowest BCUT2D eigenvalue weighted by Crippen LogP contribution is -2.32. The van der Waals surface area contributed by atoms with Gasteiger partial charge in [-0.05, 0) is 11.8 Å². The van der Waals surface area contributed by atoms with Crippen LogP contribution in [0.5, 0.6) is 0 Å². The van der Waals surface area contributed by atoms with Crippen LogP contribution in [0.1, 0.15) is 0 Å². The molecule has 0 heterocycles. The number of rotatable bonds is 3. The summed E-state index contributed by atoms with van der Waals surface area (Å²) in [6, 6.07) is -1.10. The first kappa shape index (κ1) is 9.25. The number of nitrogens with two attached hydrogens (primary N) is 1. The molecule has 0 aliphatic rings. The molecule has 1 unspecified atom stereocenters. The van der Waals surface area contributed by atoms with E-state index < -0.39 is 17.3 Å². The van der Waals surface area contributed by atoms with Gasteiger partial charge in [-0.1, -0.05) is 0 Å². The summed E-state index contributed by atoms with van der Waals surface area (Å²) in [7, 11) is 0. The van der Waals surface area contributed by atoms with Crippen molar-refractivity contribution < 1.29 is 19.8 Å². The first-order valence-electron chi connectivity index (χ1n) is 2.38. The van der Waals surface area contributed by atoms with Crippen LogP contribution in [0.25, 0.3) is 0 Å². The van der Waals surface area contributed by atoms with Crippen LogP contribution in [-0.2, 0) is 4.79 Å². The molecule has 0 fully saturated rings. The van der Waals surface area contributed by atoms with Gasteiger partial charge in [-0.25, -0.2) is 4.79 Å². The molecule has 0 radical (unpaired) electrons. The fraction of sp³-hybridized carbons (Fsp3) is 0.500. The Bertz CT molecular complexity index is 148. The monoisotopic (exact) mass is 165 g/mol. The highest BCUT2D eigenvalue weighted by atomic mass is 32.2. The van der Waals surface area contributed by atoms with Gasteiger partial charge in [-0.15, -0.1) is 0 Å². The maximum Gasteiger partial charge on any atom is 0.364 e. The van der Waals surface area contributed by atoms with E-state index in [9.17, 15) is 9.59 Å². The highest BCUT2D eigenvalue weighted by Gasteiger charge is 2.12. The van der Waals surface area contributed by atoms with Crippen LogP contribution in [0, 0.1) is 0 Å². The zero-order valence-electron chi connectivity index (χ0n) is 4.98. The summed E-state index contributed by atoms with van der Waals surface area (Å²) in [5.41, 5.74) is 4.98. The molecule has 5 nitrogen and oxygen atoms in total. The van der Waals surface area contributed by atoms with E-state index in [-0.39, 0.29) is 5.75 Å². The number of aliphatic carboxylic acids is 1. The van der Waals surface area contributed by atoms with E-state index in [0.717, 1.165) is 0 Å². The smallest absolute Gasteiger partial charge is 0.364 e. The van der Waals surface area contributed by atoms with E-state index in [1.54, 1.807) is 0 Å². The number of carboxylic acid groups (broad SMARTS) is 2. The van der Waals surface area contributed by atoms with Gasteiger partial charge in [0.25, 0.3) is 0 Å². The highest BCUT2D eigenvalue weighted by molar-refractivity contribution is 8.13. The fourth-order valence-electron chi connectivity index (χ4n) is 0.232. The van der Waals surface area contributed by atoms with E-state index in [4.69, 9.17) is 15.9 Å². The molecular formula is C4H7NO4S. The van der Waals surface area contributed by atoms with E-state index in [1.807, 2.05) is 0 Å². The Balaban J connectivity index is 3.49. The first-order valence-corrected chi connectivity index (χ1v) is 3.36. The Morgan fingerprint density at radius 2 is 2.00 bits per heavy atom. The molecule has 0 aliphatic heterocycles. The lowest BCUT2D eigenvalue weighted by atomic mass is 10.4. The summed E-state index contributed by atoms with van der Waals surface area (Å²) in [6.45, 7) is 0. The van der Waals surface area contributed by atoms with Gasteiger partial charge in [-0.2, -0.15) is 0 Å². The van der Waals surface area contributed by atoms with Gasteiger partial charge in [0.2, 0.25) is 0 Å². The summed E-state index contributed by atoms with van der Waals surface area (Å²) in [4.78, 5) is 19.8. The maximum absolute atomic E-state index is 9.98. The number of thioether (sulfide) groups is 1. The Morgan fingerprint density at radius 3 is 2.30 bits per heavy atom. The van der Waals surface area contributed by atoms with Gasteiger partial charge >= 0.3 is 11.3 Å². The molecule has 0 rings (SSSR count). The average molecular weight is 165 g/mol. The van der Waals surface area contributed by atoms with E-state index in [2.05, 4.69) is 0 Å². The molecule has 0 aromatic carbocycles. The van der Waals surface area contributed by atoms with Crippen molar-refractivity contribution in [1.82, 2.24) is 0 Å². The summed E-state index contributed by atoms with van der Waals surface area (Å²) in [5.74, 6) is -1.29. The third kappa shape index (κ3) is 4.16. The van der Waals surface area contributed by atoms with Crippen LogP contribution in [-0.4, -0.2) is 33.3 Å². The number of hydrogen-bond donors (Lipinski definition) is 3. The van der Waals surface area contributed by atoms with Gasteiger partial charge in [-0.3, -0.25) is 4.79 Å². The largest absolute Gasteiger partial charge is 0.480 e. The minimum absolute atomic E-state index is 0.106. The van der Waals surface area contributed by atoms with Crippen LogP contribution in [0.2, 0.25) is 0 Å². The molecular weight excluding hydrogens is 158 g/mol. The van der Waals surface area contributed by atoms with Crippen molar-refractivity contribution in [2.24, 2.45) is 5.73 Å². The second kappa shape index (κ2) is 4.13. The van der Waals surface area contributed by atoms with Crippen LogP contribution < -0.4 is 5.73 Å². The summed E-state index contributed by atoms with van der Waals surface area (Å²) >= 11 is 0.479. The fourth-order valence-corrected chi connectivity index (χ4v) is 0.697. The van der Waals surface area contributed by atoms with E-state index in [0.29, 0.717) is 11.8 Å². The van der Waals surface area contributed by atoms with E-state index >= 15 is 0 Å². The van der Waals surface area contributed by atoms with Gasteiger partial charge in [0.15, 0.2) is 0 Å². The quantitative estimate of drug-likeness (QED) is 0.535. The Kier molecular flexibility index (Phi) is 3.82. The number of carboxylic acids is 1. The van der Waals surface area contributed by atoms with Crippen molar-refractivity contribution in [3.8, 4) is 0 Å². The Morgan fingerprint density at radius 1 is 1.50 bits per heavy atom. The topological polar surface area (TPSA) is 101 Å². The molecule has 0 saturated heterocycles. The molecule has 0 aromatic rings. The molecule has 0 bridgehead atoms. The molecule has 0 aromatic heterocycles. The van der Waals surface area contributed by atoms with Crippen LogP contribution in [0.3, 0.4) is 0 Å². The molecule has 10 heavy (non-hydrogen) atoms. The predicted molar refractivity (Wildman–Crippen MR) is 36.1 cm³/mol. The van der Waals surface area contributed by atoms with Crippen molar-refractivity contribution in [1.29, 1.82) is 0 Å². The van der Waals surface area contributed by atoms with Crippen LogP contribution in [0.4, 0.5) is 4.79 Å². The minimum Gasteiger partial charge on any atom is -0.480 e. The average Bonchev–Trinajstić information content (AvgIpc) is 1.82. The van der Waals surface area contributed by atoms with Gasteiger partial charge in [0, 0.05) is 5.75 Å². The minimum atomic E-state index is -1.19. The van der Waals surface area contributed by atoms with Crippen molar-refractivity contribution in [3.63, 3.8) is 0 Å². The second-order valence-corrected chi connectivity index (χ2v) is 2.49. The number of carbonyl (C=O) groups is 2. The molecule has 58 valence electrons. The summed E-state index contributed by atoms with van der Waals surface area (Å²) in [5, 5.41) is 15.1. The zero-order chi connectivity index (χ0) is 8.15. The van der Waals surface area contributed by atoms with E-state index in [1.165, 1.54) is 0 Å². The molecule has 0 aliphatic carbocycles. The molecule has 0 saturated carbocycles. The second-order valence-electron chi connectivity index (χ2n) is 1.52. The Hall–Kier alpha value is -0.750. The number of hydrogen-bond acceptors (Lipinski definition) is 4. The highest BCUT2D eigenvalue weighted by Crippen LogP contribution is 2.01. The summed E-state index contributed by atoms with van der Waals surface area (Å²) in [6.07, 6.45) is 0. The lowest BCUT2D eigenvalue weighted by Gasteiger charge is -2.00. The maximum atomic E-state index is 9.98. The first-order chi connectivity index (χ1) is 4.54. The van der Waals surface area contributed by atoms with Crippen LogP contribution in [0.15, 0.2) is 0 Å². The lowest BCUT2D eigenvalue weighted by molar-refractivity contribution is -0.137. The van der Waals surface area contributed by atoms with Crippen LogP contribution >= 0.6 is 11.8 Å². The van der Waals surface area contributed by atoms with Crippen molar-refractivity contribution in [3.05, 3.63) is 0 Å². The third-order valence-corrected chi connectivity index (χ3v) is 1.48. The van der Waals surface area contributed by atoms with Gasteiger partial charge in [0.05, 0.1) is 0 Å². The van der Waals surface area contributed by atoms with Crippen molar-refractivity contribution in [2.75, 3.05) is 5.75 Å². The van der Waals surface area contributed by atoms with Gasteiger partial charge in [0.1, 0.15) is 6.04 Å². The van der Waals surface area contributed by atoms with Crippen molar-refractivity contribution >= 4 is 23.0 Å². The molecule has 1 atom stereocenters. The van der Waals surface area contributed by atoms with Crippen molar-refractivity contribution in [2.45, 2.75) is 6.04 Å². The predicted octanol–water partition coefficient (Wildman–Crippen LogP) is -0.191. The molecule has 0 spiro atoms. The standard InChI is InChI=1S/C4H7NO4S/c5-2(3(6)7)1-10-4(8)9/h2H,1,5H2,(H,6,7)(H,8,9). The molecule has 4 N–H and O–H groups in total. The zero-order valence-corrected chi connectivity index (χ0v) is 5.80. The normalized spacial score (nSPS) is 12.5.